The van der Waals surface area contributed by atoms with Crippen molar-refractivity contribution in [3.8, 4) is 0 Å². The van der Waals surface area contributed by atoms with Crippen molar-refractivity contribution < 1.29 is 9.90 Å². The van der Waals surface area contributed by atoms with Gasteiger partial charge in [0.05, 0.1) is 0 Å². The Morgan fingerprint density at radius 2 is 1.75 bits per heavy atom. The fourth-order valence-corrected chi connectivity index (χ4v) is 2.57. The number of hydrogen-bond acceptors (Lipinski definition) is 2. The summed E-state index contributed by atoms with van der Waals surface area (Å²) in [5.41, 5.74) is 1.94. The van der Waals surface area contributed by atoms with Gasteiger partial charge in [-0.2, -0.15) is 0 Å². The van der Waals surface area contributed by atoms with Crippen LogP contribution in [-0.4, -0.2) is 17.6 Å². The second kappa shape index (κ2) is 6.90. The molecule has 2 aromatic rings. The SMILES string of the molecule is O=C(O)CN(Cc1ccc(Br)c(Br)c1)c1ccccc1. The van der Waals surface area contributed by atoms with Crippen molar-refractivity contribution in [1.29, 1.82) is 0 Å². The monoisotopic (exact) mass is 397 g/mol. The van der Waals surface area contributed by atoms with Gasteiger partial charge in [-0.15, -0.1) is 0 Å². The molecule has 1 N–H and O–H groups in total. The summed E-state index contributed by atoms with van der Waals surface area (Å²) in [7, 11) is 0. The molecule has 0 saturated carbocycles. The van der Waals surface area contributed by atoms with E-state index in [9.17, 15) is 4.79 Å². The lowest BCUT2D eigenvalue weighted by Crippen LogP contribution is -2.29. The van der Waals surface area contributed by atoms with E-state index < -0.39 is 5.97 Å². The number of hydrogen-bond donors (Lipinski definition) is 1. The molecule has 104 valence electrons. The smallest absolute Gasteiger partial charge is 0.323 e. The number of para-hydroxylation sites is 1. The minimum absolute atomic E-state index is 0.0301. The summed E-state index contributed by atoms with van der Waals surface area (Å²) in [6.07, 6.45) is 0. The van der Waals surface area contributed by atoms with Gasteiger partial charge < -0.3 is 10.0 Å². The molecule has 0 bridgehead atoms. The number of halogens is 2. The molecule has 0 aliphatic heterocycles. The van der Waals surface area contributed by atoms with Crippen LogP contribution in [0.2, 0.25) is 0 Å². The average molecular weight is 399 g/mol. The van der Waals surface area contributed by atoms with Gasteiger partial charge in [0.1, 0.15) is 6.54 Å². The standard InChI is InChI=1S/C15H13Br2NO2/c16-13-7-6-11(8-14(13)17)9-18(10-15(19)20)12-4-2-1-3-5-12/h1-8H,9-10H2,(H,19,20). The Hall–Kier alpha value is -1.33. The number of carboxylic acids is 1. The molecule has 0 aliphatic carbocycles. The van der Waals surface area contributed by atoms with Gasteiger partial charge in [0.2, 0.25) is 0 Å². The second-order valence-corrected chi connectivity index (χ2v) is 6.04. The van der Waals surface area contributed by atoms with E-state index in [1.54, 1.807) is 0 Å². The predicted octanol–water partition coefficient (Wildman–Crippen LogP) is 4.30. The predicted molar refractivity (Wildman–Crippen MR) is 87.0 cm³/mol. The molecule has 0 radical (unpaired) electrons. The van der Waals surface area contributed by atoms with Crippen LogP contribution in [0.3, 0.4) is 0 Å². The first-order valence-corrected chi connectivity index (χ1v) is 7.60. The molecule has 2 rings (SSSR count). The van der Waals surface area contributed by atoms with Crippen molar-refractivity contribution in [2.24, 2.45) is 0 Å². The summed E-state index contributed by atoms with van der Waals surface area (Å²) in [4.78, 5) is 12.9. The van der Waals surface area contributed by atoms with Crippen LogP contribution in [0.4, 0.5) is 5.69 Å². The van der Waals surface area contributed by atoms with Crippen LogP contribution in [0.5, 0.6) is 0 Å². The Bertz CT molecular complexity index is 602. The summed E-state index contributed by atoms with van der Waals surface area (Å²) in [5, 5.41) is 9.06. The molecule has 20 heavy (non-hydrogen) atoms. The molecule has 0 aliphatic rings. The van der Waals surface area contributed by atoms with Crippen molar-refractivity contribution in [1.82, 2.24) is 0 Å². The van der Waals surface area contributed by atoms with Crippen molar-refractivity contribution >= 4 is 43.5 Å². The van der Waals surface area contributed by atoms with Crippen molar-refractivity contribution in [3.63, 3.8) is 0 Å². The maximum atomic E-state index is 11.0. The van der Waals surface area contributed by atoms with E-state index in [2.05, 4.69) is 31.9 Å². The first kappa shape index (κ1) is 15.1. The summed E-state index contributed by atoms with van der Waals surface area (Å²) in [6, 6.07) is 15.5. The van der Waals surface area contributed by atoms with Crippen LogP contribution < -0.4 is 4.90 Å². The van der Waals surface area contributed by atoms with Crippen molar-refractivity contribution in [2.45, 2.75) is 6.54 Å². The highest BCUT2D eigenvalue weighted by Crippen LogP contribution is 2.25. The number of anilines is 1. The first-order valence-electron chi connectivity index (χ1n) is 6.02. The lowest BCUT2D eigenvalue weighted by molar-refractivity contribution is -0.135. The highest BCUT2D eigenvalue weighted by molar-refractivity contribution is 9.13. The molecular weight excluding hydrogens is 386 g/mol. The van der Waals surface area contributed by atoms with Gasteiger partial charge in [-0.3, -0.25) is 4.79 Å². The molecule has 0 atom stereocenters. The third kappa shape index (κ3) is 4.08. The highest BCUT2D eigenvalue weighted by Gasteiger charge is 2.11. The molecule has 0 saturated heterocycles. The number of nitrogens with zero attached hydrogens (tertiary/aromatic N) is 1. The van der Waals surface area contributed by atoms with Crippen molar-refractivity contribution in [3.05, 3.63) is 63.0 Å². The largest absolute Gasteiger partial charge is 0.480 e. The fourth-order valence-electron chi connectivity index (χ4n) is 1.90. The van der Waals surface area contributed by atoms with Gasteiger partial charge >= 0.3 is 5.97 Å². The molecule has 0 fully saturated rings. The molecule has 0 spiro atoms. The van der Waals surface area contributed by atoms with Gasteiger partial charge in [0.25, 0.3) is 0 Å². The zero-order valence-electron chi connectivity index (χ0n) is 10.6. The number of carbonyl (C=O) groups is 1. The lowest BCUT2D eigenvalue weighted by Gasteiger charge is -2.23. The Kier molecular flexibility index (Phi) is 5.20. The van der Waals surface area contributed by atoms with E-state index in [0.717, 1.165) is 20.2 Å². The Morgan fingerprint density at radius 1 is 1.05 bits per heavy atom. The number of aliphatic carboxylic acids is 1. The van der Waals surface area contributed by atoms with Crippen molar-refractivity contribution in [2.75, 3.05) is 11.4 Å². The van der Waals surface area contributed by atoms with Crippen LogP contribution in [0.25, 0.3) is 0 Å². The molecule has 5 heteroatoms. The van der Waals surface area contributed by atoms with Crippen LogP contribution >= 0.6 is 31.9 Å². The molecule has 3 nitrogen and oxygen atoms in total. The second-order valence-electron chi connectivity index (χ2n) is 4.33. The van der Waals surface area contributed by atoms with Crippen LogP contribution in [0, 0.1) is 0 Å². The number of carboxylic acid groups (broad SMARTS) is 1. The Labute approximate surface area is 134 Å². The van der Waals surface area contributed by atoms with E-state index in [4.69, 9.17) is 5.11 Å². The third-order valence-electron chi connectivity index (χ3n) is 2.80. The zero-order chi connectivity index (χ0) is 14.5. The topological polar surface area (TPSA) is 40.5 Å². The third-order valence-corrected chi connectivity index (χ3v) is 4.68. The lowest BCUT2D eigenvalue weighted by atomic mass is 10.2. The average Bonchev–Trinajstić information content (AvgIpc) is 2.43. The Morgan fingerprint density at radius 3 is 2.35 bits per heavy atom. The first-order chi connectivity index (χ1) is 9.56. The van der Waals surface area contributed by atoms with Gasteiger partial charge in [-0.05, 0) is 61.7 Å². The summed E-state index contributed by atoms with van der Waals surface area (Å²) in [6.45, 7) is 0.514. The Balaban J connectivity index is 2.23. The van der Waals surface area contributed by atoms with Gasteiger partial charge in [0.15, 0.2) is 0 Å². The van der Waals surface area contributed by atoms with Gasteiger partial charge in [-0.1, -0.05) is 24.3 Å². The minimum atomic E-state index is -0.843. The molecular formula is C15H13Br2NO2. The van der Waals surface area contributed by atoms with Gasteiger partial charge in [-0.25, -0.2) is 0 Å². The highest BCUT2D eigenvalue weighted by atomic mass is 79.9. The van der Waals surface area contributed by atoms with Gasteiger partial charge in [0, 0.05) is 21.2 Å². The quantitative estimate of drug-likeness (QED) is 0.815. The summed E-state index contributed by atoms with van der Waals surface area (Å²) >= 11 is 6.89. The number of benzene rings is 2. The van der Waals surface area contributed by atoms with E-state index in [1.165, 1.54) is 0 Å². The molecule has 2 aromatic carbocycles. The van der Waals surface area contributed by atoms with E-state index in [-0.39, 0.29) is 6.54 Å². The summed E-state index contributed by atoms with van der Waals surface area (Å²) in [5.74, 6) is -0.843. The number of rotatable bonds is 5. The maximum Gasteiger partial charge on any atom is 0.323 e. The fraction of sp³-hybridized carbons (Fsp3) is 0.133. The molecule has 0 amide bonds. The van der Waals surface area contributed by atoms with Crippen LogP contribution in [0.15, 0.2) is 57.5 Å². The zero-order valence-corrected chi connectivity index (χ0v) is 13.8. The van der Waals surface area contributed by atoms with Crippen LogP contribution in [0.1, 0.15) is 5.56 Å². The molecule has 0 unspecified atom stereocenters. The summed E-state index contributed by atoms with van der Waals surface area (Å²) < 4.78 is 1.93. The normalized spacial score (nSPS) is 10.3. The van der Waals surface area contributed by atoms with E-state index in [1.807, 2.05) is 53.4 Å². The maximum absolute atomic E-state index is 11.0. The molecule has 0 aromatic heterocycles. The van der Waals surface area contributed by atoms with Crippen LogP contribution in [-0.2, 0) is 11.3 Å². The minimum Gasteiger partial charge on any atom is -0.480 e. The van der Waals surface area contributed by atoms with E-state index >= 15 is 0 Å². The molecule has 0 heterocycles. The van der Waals surface area contributed by atoms with E-state index in [0.29, 0.717) is 6.54 Å².